The molecule has 0 heterocycles. The number of aromatic carboxylic acids is 2. The molecule has 0 spiro atoms. The lowest BCUT2D eigenvalue weighted by molar-refractivity contribution is 0.0686. The highest BCUT2D eigenvalue weighted by Crippen LogP contribution is 2.11. The van der Waals surface area contributed by atoms with Crippen LogP contribution in [0.1, 0.15) is 37.4 Å². The summed E-state index contributed by atoms with van der Waals surface area (Å²) in [7, 11) is 0. The second-order valence-electron chi connectivity index (χ2n) is 6.94. The Hall–Kier alpha value is -4.44. The average Bonchev–Trinajstić information content (AvgIpc) is 2.86. The quantitative estimate of drug-likeness (QED) is 0.339. The van der Waals surface area contributed by atoms with Gasteiger partial charge in [-0.25, -0.2) is 9.59 Å². The van der Waals surface area contributed by atoms with E-state index in [1.165, 1.54) is 16.7 Å². The highest BCUT2D eigenvalue weighted by molar-refractivity contribution is 5.87. The molecule has 0 atom stereocenters. The second-order valence-corrected chi connectivity index (χ2v) is 6.94. The fourth-order valence-corrected chi connectivity index (χ4v) is 2.69. The molecule has 166 valence electrons. The Morgan fingerprint density at radius 2 is 0.939 bits per heavy atom. The maximum Gasteiger partial charge on any atom is 0.335 e. The Labute approximate surface area is 194 Å². The van der Waals surface area contributed by atoms with Crippen LogP contribution >= 0.6 is 0 Å². The minimum Gasteiger partial charge on any atom is -0.478 e. The van der Waals surface area contributed by atoms with Gasteiger partial charge in [-0.3, -0.25) is 0 Å². The van der Waals surface area contributed by atoms with Crippen LogP contribution in [0.4, 0.5) is 0 Å². The molecule has 0 aliphatic rings. The van der Waals surface area contributed by atoms with Crippen molar-refractivity contribution in [3.63, 3.8) is 0 Å². The lowest BCUT2D eigenvalue weighted by Crippen LogP contribution is -1.93. The van der Waals surface area contributed by atoms with Gasteiger partial charge in [0.25, 0.3) is 0 Å². The molecule has 33 heavy (non-hydrogen) atoms. The predicted octanol–water partition coefficient (Wildman–Crippen LogP) is 6.94. The van der Waals surface area contributed by atoms with E-state index in [2.05, 4.69) is 67.6 Å². The number of carbonyl (C=O) groups is 2. The van der Waals surface area contributed by atoms with Crippen LogP contribution in [0.2, 0.25) is 0 Å². The van der Waals surface area contributed by atoms with Gasteiger partial charge in [0, 0.05) is 0 Å². The number of hydrogen-bond acceptors (Lipinski definition) is 2. The van der Waals surface area contributed by atoms with E-state index < -0.39 is 11.9 Å². The van der Waals surface area contributed by atoms with Gasteiger partial charge in [-0.15, -0.1) is 0 Å². The topological polar surface area (TPSA) is 74.6 Å². The molecule has 0 aromatic heterocycles. The SMILES string of the molecule is Cc1ccccc1C=Cc1ccccc1.O=C(O)c1ccccc1.O=C(O)c1ccccc1. The van der Waals surface area contributed by atoms with Crippen LogP contribution in [-0.4, -0.2) is 22.2 Å². The smallest absolute Gasteiger partial charge is 0.335 e. The summed E-state index contributed by atoms with van der Waals surface area (Å²) in [6.45, 7) is 2.13. The molecule has 0 saturated carbocycles. The summed E-state index contributed by atoms with van der Waals surface area (Å²) < 4.78 is 0. The van der Waals surface area contributed by atoms with E-state index in [0.29, 0.717) is 11.1 Å². The third kappa shape index (κ3) is 9.49. The molecule has 0 unspecified atom stereocenters. The van der Waals surface area contributed by atoms with Crippen molar-refractivity contribution in [2.75, 3.05) is 0 Å². The van der Waals surface area contributed by atoms with Crippen molar-refractivity contribution in [1.29, 1.82) is 0 Å². The Bertz CT molecular complexity index is 1100. The summed E-state index contributed by atoms with van der Waals surface area (Å²) in [5.74, 6) is -1.76. The summed E-state index contributed by atoms with van der Waals surface area (Å²) in [5.41, 5.74) is 4.49. The number of carboxylic acids is 2. The van der Waals surface area contributed by atoms with Crippen molar-refractivity contribution in [1.82, 2.24) is 0 Å². The molecule has 0 radical (unpaired) electrons. The predicted molar refractivity (Wildman–Crippen MR) is 133 cm³/mol. The number of benzene rings is 4. The average molecular weight is 439 g/mol. The normalized spacial score (nSPS) is 9.73. The van der Waals surface area contributed by atoms with E-state index in [-0.39, 0.29) is 0 Å². The molecule has 4 heteroatoms. The highest BCUT2D eigenvalue weighted by Gasteiger charge is 1.97. The molecule has 2 N–H and O–H groups in total. The van der Waals surface area contributed by atoms with E-state index in [1.807, 2.05) is 6.07 Å². The zero-order valence-electron chi connectivity index (χ0n) is 18.3. The molecule has 0 amide bonds. The highest BCUT2D eigenvalue weighted by atomic mass is 16.4. The molecular formula is C29H26O4. The standard InChI is InChI=1S/C15H14.2C7H6O2/c1-13-7-5-6-10-15(13)12-11-14-8-3-2-4-9-14;2*8-7(9)6-4-2-1-3-5-6/h2-12H,1H3;2*1-5H,(H,8,9). The van der Waals surface area contributed by atoms with Crippen LogP contribution in [0, 0.1) is 6.92 Å². The first kappa shape index (κ1) is 24.8. The minimum absolute atomic E-state index is 0.331. The Morgan fingerprint density at radius 3 is 1.33 bits per heavy atom. The van der Waals surface area contributed by atoms with Gasteiger partial charge < -0.3 is 10.2 Å². The first-order valence-electron chi connectivity index (χ1n) is 10.3. The molecular weight excluding hydrogens is 412 g/mol. The Morgan fingerprint density at radius 1 is 0.545 bits per heavy atom. The summed E-state index contributed by atoms with van der Waals surface area (Å²) in [5, 5.41) is 16.8. The van der Waals surface area contributed by atoms with Crippen LogP contribution in [0.5, 0.6) is 0 Å². The van der Waals surface area contributed by atoms with Crippen LogP contribution in [0.3, 0.4) is 0 Å². The van der Waals surface area contributed by atoms with Gasteiger partial charge in [0.15, 0.2) is 0 Å². The van der Waals surface area contributed by atoms with Gasteiger partial charge in [0.2, 0.25) is 0 Å². The van der Waals surface area contributed by atoms with Crippen molar-refractivity contribution < 1.29 is 19.8 Å². The van der Waals surface area contributed by atoms with Crippen molar-refractivity contribution in [2.24, 2.45) is 0 Å². The molecule has 0 aliphatic carbocycles. The minimum atomic E-state index is -0.879. The van der Waals surface area contributed by atoms with Crippen LogP contribution in [-0.2, 0) is 0 Å². The Kier molecular flexibility index (Phi) is 10.4. The van der Waals surface area contributed by atoms with Gasteiger partial charge in [0.05, 0.1) is 11.1 Å². The van der Waals surface area contributed by atoms with E-state index in [4.69, 9.17) is 10.2 Å². The van der Waals surface area contributed by atoms with Crippen molar-refractivity contribution in [3.8, 4) is 0 Å². The monoisotopic (exact) mass is 438 g/mol. The van der Waals surface area contributed by atoms with Crippen molar-refractivity contribution in [2.45, 2.75) is 6.92 Å². The third-order valence-corrected chi connectivity index (χ3v) is 4.48. The molecule has 0 fully saturated rings. The first-order chi connectivity index (χ1) is 16.0. The molecule has 4 nitrogen and oxygen atoms in total. The van der Waals surface area contributed by atoms with Crippen molar-refractivity contribution >= 4 is 24.1 Å². The molecule has 4 aromatic carbocycles. The molecule has 0 bridgehead atoms. The fraction of sp³-hybridized carbons (Fsp3) is 0.0345. The zero-order chi connectivity index (χ0) is 23.9. The van der Waals surface area contributed by atoms with Crippen LogP contribution < -0.4 is 0 Å². The van der Waals surface area contributed by atoms with Crippen LogP contribution in [0.25, 0.3) is 12.2 Å². The van der Waals surface area contributed by atoms with E-state index in [9.17, 15) is 9.59 Å². The Balaban J connectivity index is 0.000000186. The van der Waals surface area contributed by atoms with E-state index in [0.717, 1.165) is 0 Å². The van der Waals surface area contributed by atoms with Gasteiger partial charge in [0.1, 0.15) is 0 Å². The second kappa shape index (κ2) is 13.8. The van der Waals surface area contributed by atoms with E-state index >= 15 is 0 Å². The summed E-state index contributed by atoms with van der Waals surface area (Å²) in [4.78, 5) is 20.4. The molecule has 4 aromatic rings. The number of hydrogen-bond donors (Lipinski definition) is 2. The maximum atomic E-state index is 10.2. The van der Waals surface area contributed by atoms with Gasteiger partial charge >= 0.3 is 11.9 Å². The lowest BCUT2D eigenvalue weighted by Gasteiger charge is -1.98. The van der Waals surface area contributed by atoms with E-state index in [1.54, 1.807) is 60.7 Å². The summed E-state index contributed by atoms with van der Waals surface area (Å²) in [6.07, 6.45) is 4.30. The van der Waals surface area contributed by atoms with Crippen LogP contribution in [0.15, 0.2) is 115 Å². The molecule has 0 saturated heterocycles. The fourth-order valence-electron chi connectivity index (χ4n) is 2.69. The molecule has 0 aliphatic heterocycles. The lowest BCUT2D eigenvalue weighted by atomic mass is 10.1. The van der Waals surface area contributed by atoms with Gasteiger partial charge in [-0.05, 0) is 47.9 Å². The third-order valence-electron chi connectivity index (χ3n) is 4.48. The first-order valence-corrected chi connectivity index (χ1v) is 10.3. The molecule has 4 rings (SSSR count). The van der Waals surface area contributed by atoms with Gasteiger partial charge in [-0.1, -0.05) is 103 Å². The number of rotatable bonds is 4. The zero-order valence-corrected chi connectivity index (χ0v) is 18.3. The van der Waals surface area contributed by atoms with Gasteiger partial charge in [-0.2, -0.15) is 0 Å². The number of aryl methyl sites for hydroxylation is 1. The summed E-state index contributed by atoms with van der Waals surface area (Å²) >= 11 is 0. The maximum absolute atomic E-state index is 10.2. The van der Waals surface area contributed by atoms with Crippen molar-refractivity contribution in [3.05, 3.63) is 143 Å². The summed E-state index contributed by atoms with van der Waals surface area (Å²) in [6, 6.07) is 35.3. The number of carboxylic acid groups (broad SMARTS) is 2. The largest absolute Gasteiger partial charge is 0.478 e.